The van der Waals surface area contributed by atoms with Crippen LogP contribution in [0.2, 0.25) is 0 Å². The van der Waals surface area contributed by atoms with E-state index in [1.54, 1.807) is 30.3 Å². The summed E-state index contributed by atoms with van der Waals surface area (Å²) in [6.07, 6.45) is 0.0398. The summed E-state index contributed by atoms with van der Waals surface area (Å²) in [6.45, 7) is 2.03. The van der Waals surface area contributed by atoms with Crippen molar-refractivity contribution in [3.05, 3.63) is 47.7 Å². The number of nitrogens with one attached hydrogen (secondary N) is 1. The number of amides is 3. The highest BCUT2D eigenvalue weighted by Gasteiger charge is 2.19. The second kappa shape index (κ2) is 8.82. The third-order valence-corrected chi connectivity index (χ3v) is 3.04. The van der Waals surface area contributed by atoms with Crippen LogP contribution in [0.25, 0.3) is 0 Å². The Hall–Kier alpha value is -2.51. The fourth-order valence-corrected chi connectivity index (χ4v) is 1.63. The highest BCUT2D eigenvalue weighted by Crippen LogP contribution is 2.04. The minimum Gasteiger partial charge on any atom is -0.394 e. The summed E-state index contributed by atoms with van der Waals surface area (Å²) in [5, 5.41) is 20.6. The van der Waals surface area contributed by atoms with Gasteiger partial charge in [0, 0.05) is 17.3 Å². The zero-order chi connectivity index (χ0) is 17.4. The lowest BCUT2D eigenvalue weighted by atomic mass is 10.2. The van der Waals surface area contributed by atoms with Crippen molar-refractivity contribution in [2.75, 3.05) is 13.2 Å². The number of nitrogens with zero attached hydrogens (tertiary/aromatic N) is 1. The summed E-state index contributed by atoms with van der Waals surface area (Å²) >= 11 is 0. The number of imide groups is 1. The first kappa shape index (κ1) is 18.5. The van der Waals surface area contributed by atoms with Gasteiger partial charge in [0.25, 0.3) is 5.91 Å². The topological polar surface area (TPSA) is 107 Å². The summed E-state index contributed by atoms with van der Waals surface area (Å²) in [4.78, 5) is 36.4. The van der Waals surface area contributed by atoms with E-state index < -0.39 is 24.6 Å². The van der Waals surface area contributed by atoms with Gasteiger partial charge in [-0.1, -0.05) is 18.2 Å². The van der Waals surface area contributed by atoms with E-state index in [9.17, 15) is 19.5 Å². The van der Waals surface area contributed by atoms with Gasteiger partial charge in [0.15, 0.2) is 5.78 Å². The summed E-state index contributed by atoms with van der Waals surface area (Å²) in [5.74, 6) is -0.858. The number of carbonyl (C=O) groups excluding carboxylic acids is 3. The Kier molecular flexibility index (Phi) is 7.11. The molecule has 3 N–H and O–H groups in total. The van der Waals surface area contributed by atoms with Crippen molar-refractivity contribution in [2.24, 2.45) is 0 Å². The second-order valence-electron chi connectivity index (χ2n) is 4.98. The molecule has 0 fully saturated rings. The molecule has 0 aromatic heterocycles. The van der Waals surface area contributed by atoms with E-state index in [0.717, 1.165) is 4.90 Å². The van der Waals surface area contributed by atoms with E-state index in [0.29, 0.717) is 5.56 Å². The van der Waals surface area contributed by atoms with Crippen LogP contribution in [-0.4, -0.2) is 52.1 Å². The molecule has 7 nitrogen and oxygen atoms in total. The van der Waals surface area contributed by atoms with Gasteiger partial charge in [-0.3, -0.25) is 19.8 Å². The summed E-state index contributed by atoms with van der Waals surface area (Å²) in [7, 11) is 0. The third-order valence-electron chi connectivity index (χ3n) is 3.04. The highest BCUT2D eigenvalue weighted by atomic mass is 16.3. The smallest absolute Gasteiger partial charge is 0.328 e. The first-order valence-electron chi connectivity index (χ1n) is 7.00. The Bertz CT molecular complexity index is 598. The van der Waals surface area contributed by atoms with Gasteiger partial charge < -0.3 is 10.2 Å². The van der Waals surface area contributed by atoms with Crippen LogP contribution in [0, 0.1) is 0 Å². The number of aliphatic hydroxyl groups is 2. The number of urea groups is 1. The monoisotopic (exact) mass is 320 g/mol. The molecule has 0 saturated carbocycles. The van der Waals surface area contributed by atoms with E-state index in [4.69, 9.17) is 5.11 Å². The highest BCUT2D eigenvalue weighted by molar-refractivity contribution is 6.04. The zero-order valence-electron chi connectivity index (χ0n) is 13.0. The number of carbonyl (C=O) groups is 3. The number of Topliss-reactive ketones (excluding diaryl/α,β-unsaturated/α-hetero) is 1. The summed E-state index contributed by atoms with van der Waals surface area (Å²) in [6, 6.07) is 7.35. The molecule has 0 saturated heterocycles. The largest absolute Gasteiger partial charge is 0.394 e. The van der Waals surface area contributed by atoms with Gasteiger partial charge in [-0.05, 0) is 26.0 Å². The van der Waals surface area contributed by atoms with Crippen molar-refractivity contribution < 1.29 is 24.6 Å². The van der Waals surface area contributed by atoms with Gasteiger partial charge in [-0.15, -0.1) is 0 Å². The van der Waals surface area contributed by atoms with Crippen LogP contribution in [0.5, 0.6) is 0 Å². The van der Waals surface area contributed by atoms with Crippen LogP contribution >= 0.6 is 0 Å². The van der Waals surface area contributed by atoms with Gasteiger partial charge in [0.05, 0.1) is 19.3 Å². The third kappa shape index (κ3) is 6.01. The molecule has 0 radical (unpaired) electrons. The van der Waals surface area contributed by atoms with Gasteiger partial charge >= 0.3 is 6.03 Å². The molecule has 1 aromatic rings. The number of allylic oxidation sites excluding steroid dienone is 1. The van der Waals surface area contributed by atoms with E-state index >= 15 is 0 Å². The standard InChI is InChI=1S/C16H20N2O5/c1-11(12(2)20)8-18(9-14(21)10-19)16(23)17-15(22)13-6-4-3-5-7-13/h3-8,14,19,21H,9-10H2,1-2H3,(H,17,22,23)/b11-8-. The number of benzene rings is 1. The Labute approximate surface area is 134 Å². The summed E-state index contributed by atoms with van der Waals surface area (Å²) < 4.78 is 0. The molecule has 1 unspecified atom stereocenters. The van der Waals surface area contributed by atoms with Crippen LogP contribution in [-0.2, 0) is 4.79 Å². The van der Waals surface area contributed by atoms with E-state index in [1.165, 1.54) is 20.0 Å². The predicted molar refractivity (Wildman–Crippen MR) is 83.5 cm³/mol. The van der Waals surface area contributed by atoms with Crippen molar-refractivity contribution in [3.8, 4) is 0 Å². The fraction of sp³-hybridized carbons (Fsp3) is 0.312. The molecule has 0 aliphatic carbocycles. The molecule has 1 rings (SSSR count). The van der Waals surface area contributed by atoms with Crippen molar-refractivity contribution >= 4 is 17.7 Å². The van der Waals surface area contributed by atoms with Crippen molar-refractivity contribution in [1.82, 2.24) is 10.2 Å². The van der Waals surface area contributed by atoms with Gasteiger partial charge in [0.2, 0.25) is 0 Å². The van der Waals surface area contributed by atoms with Crippen molar-refractivity contribution in [3.63, 3.8) is 0 Å². The fourth-order valence-electron chi connectivity index (χ4n) is 1.63. The Morgan fingerprint density at radius 1 is 1.22 bits per heavy atom. The minimum absolute atomic E-state index is 0.254. The van der Waals surface area contributed by atoms with E-state index in [2.05, 4.69) is 5.32 Å². The molecule has 7 heteroatoms. The first-order valence-corrected chi connectivity index (χ1v) is 7.00. The van der Waals surface area contributed by atoms with Crippen molar-refractivity contribution in [1.29, 1.82) is 0 Å². The lowest BCUT2D eigenvalue weighted by Crippen LogP contribution is -2.44. The average molecular weight is 320 g/mol. The lowest BCUT2D eigenvalue weighted by molar-refractivity contribution is -0.113. The number of hydrogen-bond acceptors (Lipinski definition) is 5. The number of hydrogen-bond donors (Lipinski definition) is 3. The maximum Gasteiger partial charge on any atom is 0.328 e. The van der Waals surface area contributed by atoms with Gasteiger partial charge in [-0.25, -0.2) is 4.79 Å². The molecule has 1 aromatic carbocycles. The second-order valence-corrected chi connectivity index (χ2v) is 4.98. The summed E-state index contributed by atoms with van der Waals surface area (Å²) in [5.41, 5.74) is 0.577. The molecule has 1 atom stereocenters. The Morgan fingerprint density at radius 3 is 2.35 bits per heavy atom. The number of ketones is 1. The molecule has 0 aliphatic rings. The molecule has 0 aliphatic heterocycles. The Morgan fingerprint density at radius 2 is 1.83 bits per heavy atom. The number of rotatable bonds is 6. The maximum atomic E-state index is 12.2. The van der Waals surface area contributed by atoms with E-state index in [-0.39, 0.29) is 17.9 Å². The maximum absolute atomic E-state index is 12.2. The van der Waals surface area contributed by atoms with Gasteiger partial charge in [0.1, 0.15) is 0 Å². The molecule has 0 bridgehead atoms. The zero-order valence-corrected chi connectivity index (χ0v) is 13.0. The predicted octanol–water partition coefficient (Wildman–Crippen LogP) is 0.684. The molecule has 3 amide bonds. The van der Waals surface area contributed by atoms with Crippen LogP contribution in [0.4, 0.5) is 4.79 Å². The van der Waals surface area contributed by atoms with Crippen LogP contribution < -0.4 is 5.32 Å². The van der Waals surface area contributed by atoms with Gasteiger partial charge in [-0.2, -0.15) is 0 Å². The molecule has 124 valence electrons. The van der Waals surface area contributed by atoms with Crippen LogP contribution in [0.15, 0.2) is 42.1 Å². The van der Waals surface area contributed by atoms with Crippen LogP contribution in [0.3, 0.4) is 0 Å². The molecular weight excluding hydrogens is 300 g/mol. The normalized spacial score (nSPS) is 12.4. The lowest BCUT2D eigenvalue weighted by Gasteiger charge is -2.21. The quantitative estimate of drug-likeness (QED) is 0.668. The molecule has 0 spiro atoms. The molecule has 0 heterocycles. The van der Waals surface area contributed by atoms with Crippen LogP contribution in [0.1, 0.15) is 24.2 Å². The van der Waals surface area contributed by atoms with Crippen molar-refractivity contribution in [2.45, 2.75) is 20.0 Å². The molecule has 23 heavy (non-hydrogen) atoms. The molecular formula is C16H20N2O5. The van der Waals surface area contributed by atoms with E-state index in [1.807, 2.05) is 0 Å². The minimum atomic E-state index is -1.19. The average Bonchev–Trinajstić information content (AvgIpc) is 2.54. The SMILES string of the molecule is CC(=O)/C(C)=C\N(CC(O)CO)C(=O)NC(=O)c1ccccc1. The number of aliphatic hydroxyl groups excluding tert-OH is 2. The first-order chi connectivity index (χ1) is 10.8. The Balaban J connectivity index is 2.88.